The number of hydrogen-bond donors (Lipinski definition) is 1. The minimum Gasteiger partial charge on any atom is -0.350 e. The van der Waals surface area contributed by atoms with Crippen LogP contribution in [0.4, 0.5) is 0 Å². The van der Waals surface area contributed by atoms with E-state index < -0.39 is 0 Å². The molecular weight excluding hydrogens is 328 g/mol. The monoisotopic (exact) mass is 344 g/mol. The zero-order chi connectivity index (χ0) is 15.4. The zero-order valence-corrected chi connectivity index (χ0v) is 14.2. The third kappa shape index (κ3) is 2.14. The second-order valence-electron chi connectivity index (χ2n) is 6.16. The molecule has 0 radical (unpaired) electrons. The number of aryl methyl sites for hydroxylation is 2. The number of fused-ring (bicyclic) bond motifs is 4. The van der Waals surface area contributed by atoms with Crippen molar-refractivity contribution in [3.05, 3.63) is 38.5 Å². The van der Waals surface area contributed by atoms with Gasteiger partial charge in [-0.3, -0.25) is 9.20 Å². The van der Waals surface area contributed by atoms with Gasteiger partial charge in [0.15, 0.2) is 4.96 Å². The van der Waals surface area contributed by atoms with E-state index in [1.165, 1.54) is 23.4 Å². The molecule has 118 valence electrons. The molecule has 0 bridgehead atoms. The molecule has 1 amide bonds. The first kappa shape index (κ1) is 13.7. The fourth-order valence-corrected chi connectivity index (χ4v) is 5.61. The number of rotatable bonds is 1. The number of amides is 1. The van der Waals surface area contributed by atoms with Gasteiger partial charge in [-0.25, -0.2) is 9.97 Å². The lowest BCUT2D eigenvalue weighted by molar-refractivity contribution is -0.121. The lowest BCUT2D eigenvalue weighted by atomic mass is 10.0. The molecule has 5 rings (SSSR count). The van der Waals surface area contributed by atoms with E-state index in [4.69, 9.17) is 9.97 Å². The van der Waals surface area contributed by atoms with E-state index in [2.05, 4.69) is 15.9 Å². The summed E-state index contributed by atoms with van der Waals surface area (Å²) in [7, 11) is 0. The number of nitrogens with zero attached hydrogens (tertiary/aromatic N) is 3. The zero-order valence-electron chi connectivity index (χ0n) is 12.5. The summed E-state index contributed by atoms with van der Waals surface area (Å²) in [5.74, 6) is 0.109. The highest BCUT2D eigenvalue weighted by molar-refractivity contribution is 7.15. The Kier molecular flexibility index (Phi) is 3.06. The van der Waals surface area contributed by atoms with Crippen molar-refractivity contribution in [1.29, 1.82) is 0 Å². The molecule has 5 nitrogen and oxygen atoms in total. The van der Waals surface area contributed by atoms with Crippen LogP contribution in [0.25, 0.3) is 4.96 Å². The van der Waals surface area contributed by atoms with E-state index in [1.807, 2.05) is 5.38 Å². The first-order chi connectivity index (χ1) is 11.3. The largest absolute Gasteiger partial charge is 0.350 e. The third-order valence-corrected chi connectivity index (χ3v) is 6.74. The van der Waals surface area contributed by atoms with Crippen LogP contribution in [0.5, 0.6) is 0 Å². The van der Waals surface area contributed by atoms with Gasteiger partial charge in [0.25, 0.3) is 0 Å². The number of nitrogens with one attached hydrogen (secondary N) is 1. The van der Waals surface area contributed by atoms with Crippen LogP contribution in [0.15, 0.2) is 11.6 Å². The van der Waals surface area contributed by atoms with E-state index in [1.54, 1.807) is 22.7 Å². The van der Waals surface area contributed by atoms with Crippen molar-refractivity contribution in [3.8, 4) is 0 Å². The van der Waals surface area contributed by atoms with Crippen LogP contribution < -0.4 is 5.32 Å². The van der Waals surface area contributed by atoms with Crippen molar-refractivity contribution < 1.29 is 4.79 Å². The maximum atomic E-state index is 12.2. The normalized spacial score (nSPS) is 20.9. The maximum Gasteiger partial charge on any atom is 0.221 e. The van der Waals surface area contributed by atoms with Gasteiger partial charge in [0.05, 0.1) is 29.5 Å². The summed E-state index contributed by atoms with van der Waals surface area (Å²) < 4.78 is 2.14. The van der Waals surface area contributed by atoms with Gasteiger partial charge in [-0.05, 0) is 25.7 Å². The highest BCUT2D eigenvalue weighted by Gasteiger charge is 2.32. The quantitative estimate of drug-likeness (QED) is 0.738. The Bertz CT molecular complexity index is 883. The average Bonchev–Trinajstić information content (AvgIpc) is 3.22. The van der Waals surface area contributed by atoms with E-state index in [0.717, 1.165) is 34.2 Å². The van der Waals surface area contributed by atoms with E-state index in [9.17, 15) is 4.79 Å². The molecule has 0 saturated carbocycles. The number of hydrogen-bond acceptors (Lipinski definition) is 5. The van der Waals surface area contributed by atoms with Crippen molar-refractivity contribution in [3.63, 3.8) is 0 Å². The summed E-state index contributed by atoms with van der Waals surface area (Å²) in [6.07, 6.45) is 7.22. The first-order valence-electron chi connectivity index (χ1n) is 7.99. The summed E-state index contributed by atoms with van der Waals surface area (Å²) in [5.41, 5.74) is 3.39. The molecule has 0 saturated heterocycles. The summed E-state index contributed by atoms with van der Waals surface area (Å²) in [6, 6.07) is 0. The Morgan fingerprint density at radius 3 is 3.04 bits per heavy atom. The van der Waals surface area contributed by atoms with Crippen LogP contribution in [0, 0.1) is 0 Å². The molecule has 1 atom stereocenters. The lowest BCUT2D eigenvalue weighted by Crippen LogP contribution is -2.21. The van der Waals surface area contributed by atoms with Crippen LogP contribution in [0.3, 0.4) is 0 Å². The van der Waals surface area contributed by atoms with Gasteiger partial charge in [-0.15, -0.1) is 22.7 Å². The summed E-state index contributed by atoms with van der Waals surface area (Å²) in [4.78, 5) is 24.2. The molecule has 0 unspecified atom stereocenters. The predicted octanol–water partition coefficient (Wildman–Crippen LogP) is 2.88. The van der Waals surface area contributed by atoms with Crippen molar-refractivity contribution in [1.82, 2.24) is 19.7 Å². The standard InChI is InChI=1S/C16H16N4OS2/c21-13-7-9(15-18-10-3-1-2-4-12(10)23-15)14-11(8-17-13)19-16-20(14)5-6-22-16/h5-6,9H,1-4,7-8H2,(H,17,21)/t9-/m1/s1. The molecule has 1 N–H and O–H groups in total. The lowest BCUT2D eigenvalue weighted by Gasteiger charge is -2.11. The van der Waals surface area contributed by atoms with Crippen molar-refractivity contribution in [2.45, 2.75) is 44.6 Å². The van der Waals surface area contributed by atoms with Crippen LogP contribution in [-0.4, -0.2) is 20.3 Å². The van der Waals surface area contributed by atoms with E-state index in [-0.39, 0.29) is 11.8 Å². The van der Waals surface area contributed by atoms with Gasteiger partial charge >= 0.3 is 0 Å². The molecule has 4 heterocycles. The number of aromatic nitrogens is 3. The molecule has 23 heavy (non-hydrogen) atoms. The minimum absolute atomic E-state index is 0.0210. The highest BCUT2D eigenvalue weighted by atomic mass is 32.1. The van der Waals surface area contributed by atoms with Gasteiger partial charge < -0.3 is 5.32 Å². The molecule has 1 aliphatic carbocycles. The summed E-state index contributed by atoms with van der Waals surface area (Å²) >= 11 is 3.44. The molecule has 3 aromatic rings. The number of thiazole rings is 2. The highest BCUT2D eigenvalue weighted by Crippen LogP contribution is 2.38. The summed E-state index contributed by atoms with van der Waals surface area (Å²) in [5, 5.41) is 6.11. The first-order valence-corrected chi connectivity index (χ1v) is 9.68. The Morgan fingerprint density at radius 2 is 2.13 bits per heavy atom. The molecule has 0 aromatic carbocycles. The Morgan fingerprint density at radius 1 is 1.22 bits per heavy atom. The summed E-state index contributed by atoms with van der Waals surface area (Å²) in [6.45, 7) is 0.518. The van der Waals surface area contributed by atoms with Gasteiger partial charge in [-0.2, -0.15) is 0 Å². The van der Waals surface area contributed by atoms with Crippen LogP contribution in [-0.2, 0) is 24.2 Å². The van der Waals surface area contributed by atoms with Gasteiger partial charge in [0, 0.05) is 22.9 Å². The molecule has 3 aromatic heterocycles. The molecular formula is C16H16N4OS2. The topological polar surface area (TPSA) is 59.3 Å². The van der Waals surface area contributed by atoms with Crippen molar-refractivity contribution >= 4 is 33.5 Å². The smallest absolute Gasteiger partial charge is 0.221 e. The fraction of sp³-hybridized carbons (Fsp3) is 0.438. The van der Waals surface area contributed by atoms with Crippen LogP contribution >= 0.6 is 22.7 Å². The Hall–Kier alpha value is -1.73. The van der Waals surface area contributed by atoms with Crippen molar-refractivity contribution in [2.75, 3.05) is 0 Å². The van der Waals surface area contributed by atoms with Crippen LogP contribution in [0.2, 0.25) is 0 Å². The Balaban J connectivity index is 1.68. The predicted molar refractivity (Wildman–Crippen MR) is 90.1 cm³/mol. The number of carbonyl (C=O) groups is 1. The number of carbonyl (C=O) groups excluding carboxylic acids is 1. The van der Waals surface area contributed by atoms with E-state index >= 15 is 0 Å². The fourth-order valence-electron chi connectivity index (χ4n) is 3.61. The molecule has 0 spiro atoms. The minimum atomic E-state index is 0.0210. The maximum absolute atomic E-state index is 12.2. The van der Waals surface area contributed by atoms with Gasteiger partial charge in [0.1, 0.15) is 5.01 Å². The SMILES string of the molecule is O=C1C[C@@H](c2nc3c(s2)CCCC3)c2c(nc3sccn23)CN1. The molecule has 2 aliphatic rings. The molecule has 7 heteroatoms. The second kappa shape index (κ2) is 5.14. The number of imidazole rings is 1. The van der Waals surface area contributed by atoms with Crippen LogP contribution in [0.1, 0.15) is 52.1 Å². The third-order valence-electron chi connectivity index (χ3n) is 4.71. The molecule has 0 fully saturated rings. The van der Waals surface area contributed by atoms with E-state index in [0.29, 0.717) is 13.0 Å². The van der Waals surface area contributed by atoms with Gasteiger partial charge in [-0.1, -0.05) is 0 Å². The molecule has 1 aliphatic heterocycles. The van der Waals surface area contributed by atoms with Crippen molar-refractivity contribution in [2.24, 2.45) is 0 Å². The average molecular weight is 344 g/mol. The van der Waals surface area contributed by atoms with Gasteiger partial charge in [0.2, 0.25) is 5.91 Å². The Labute approximate surface area is 141 Å². The second-order valence-corrected chi connectivity index (χ2v) is 8.15.